The van der Waals surface area contributed by atoms with Crippen molar-refractivity contribution in [2.45, 2.75) is 57.0 Å². The minimum Gasteiger partial charge on any atom is -0.508 e. The molecule has 4 rings (SSSR count). The predicted molar refractivity (Wildman–Crippen MR) is 76.2 cm³/mol. The van der Waals surface area contributed by atoms with Crippen LogP contribution in [0.4, 0.5) is 0 Å². The van der Waals surface area contributed by atoms with Crippen molar-refractivity contribution in [2.75, 3.05) is 0 Å². The number of hydrogen-bond donors (Lipinski definition) is 2. The second-order valence-corrected chi connectivity index (χ2v) is 6.78. The van der Waals surface area contributed by atoms with Crippen molar-refractivity contribution >= 4 is 0 Å². The number of phenols is 1. The number of phenolic OH excluding ortho intramolecular Hbond substituents is 1. The van der Waals surface area contributed by atoms with E-state index in [0.29, 0.717) is 11.8 Å². The SMILES string of the molecule is Oc1ccc2c(c1)CCCC2NC1CC2CCC1C2. The normalized spacial score (nSPS) is 36.4. The fourth-order valence-electron chi connectivity index (χ4n) is 4.68. The fraction of sp³-hybridized carbons (Fsp3) is 0.647. The predicted octanol–water partition coefficient (Wildman–Crippen LogP) is 3.55. The molecule has 3 aliphatic carbocycles. The molecule has 2 heteroatoms. The van der Waals surface area contributed by atoms with Crippen LogP contribution in [0.3, 0.4) is 0 Å². The van der Waals surface area contributed by atoms with Crippen LogP contribution in [-0.4, -0.2) is 11.1 Å². The van der Waals surface area contributed by atoms with Crippen molar-refractivity contribution in [3.05, 3.63) is 29.3 Å². The van der Waals surface area contributed by atoms with Gasteiger partial charge in [-0.2, -0.15) is 0 Å². The Morgan fingerprint density at radius 1 is 1.11 bits per heavy atom. The van der Waals surface area contributed by atoms with Crippen molar-refractivity contribution in [3.63, 3.8) is 0 Å². The van der Waals surface area contributed by atoms with E-state index in [-0.39, 0.29) is 0 Å². The first-order valence-electron chi connectivity index (χ1n) is 7.87. The molecule has 0 amide bonds. The molecule has 0 radical (unpaired) electrons. The summed E-state index contributed by atoms with van der Waals surface area (Å²) in [4.78, 5) is 0. The van der Waals surface area contributed by atoms with Gasteiger partial charge in [0, 0.05) is 12.1 Å². The maximum Gasteiger partial charge on any atom is 0.115 e. The number of rotatable bonds is 2. The Hall–Kier alpha value is -1.02. The van der Waals surface area contributed by atoms with E-state index in [0.717, 1.165) is 24.3 Å². The Morgan fingerprint density at radius 2 is 2.05 bits per heavy atom. The van der Waals surface area contributed by atoms with E-state index in [4.69, 9.17) is 0 Å². The number of hydrogen-bond acceptors (Lipinski definition) is 2. The van der Waals surface area contributed by atoms with Crippen LogP contribution in [0, 0.1) is 11.8 Å². The van der Waals surface area contributed by atoms with Crippen LogP contribution in [0.1, 0.15) is 55.7 Å². The van der Waals surface area contributed by atoms with Crippen molar-refractivity contribution in [1.29, 1.82) is 0 Å². The van der Waals surface area contributed by atoms with Gasteiger partial charge in [0.1, 0.15) is 5.75 Å². The molecule has 2 bridgehead atoms. The third-order valence-corrected chi connectivity index (χ3v) is 5.59. The summed E-state index contributed by atoms with van der Waals surface area (Å²) in [6.07, 6.45) is 9.40. The second kappa shape index (κ2) is 4.52. The minimum atomic E-state index is 0.416. The lowest BCUT2D eigenvalue weighted by atomic mass is 9.85. The molecule has 0 heterocycles. The van der Waals surface area contributed by atoms with Crippen LogP contribution in [0.5, 0.6) is 5.75 Å². The number of fused-ring (bicyclic) bond motifs is 3. The zero-order chi connectivity index (χ0) is 12.8. The molecule has 0 spiro atoms. The number of benzene rings is 1. The molecule has 3 aliphatic rings. The van der Waals surface area contributed by atoms with Crippen LogP contribution < -0.4 is 5.32 Å². The van der Waals surface area contributed by atoms with E-state index < -0.39 is 0 Å². The highest BCUT2D eigenvalue weighted by Gasteiger charge is 2.40. The molecular formula is C17H23NO. The first-order chi connectivity index (χ1) is 9.29. The Balaban J connectivity index is 1.54. The molecule has 19 heavy (non-hydrogen) atoms. The molecule has 2 nitrogen and oxygen atoms in total. The molecule has 1 aromatic carbocycles. The Labute approximate surface area is 115 Å². The molecule has 2 fully saturated rings. The summed E-state index contributed by atoms with van der Waals surface area (Å²) in [6.45, 7) is 0. The highest BCUT2D eigenvalue weighted by molar-refractivity contribution is 5.38. The molecule has 0 aliphatic heterocycles. The number of aryl methyl sites for hydroxylation is 1. The first-order valence-corrected chi connectivity index (χ1v) is 7.87. The maximum absolute atomic E-state index is 9.62. The first kappa shape index (κ1) is 11.8. The highest BCUT2D eigenvalue weighted by Crippen LogP contribution is 2.45. The summed E-state index contributed by atoms with van der Waals surface area (Å²) in [7, 11) is 0. The third kappa shape index (κ3) is 2.06. The van der Waals surface area contributed by atoms with Crippen LogP contribution in [0.15, 0.2) is 18.2 Å². The summed E-state index contributed by atoms with van der Waals surface area (Å²) < 4.78 is 0. The van der Waals surface area contributed by atoms with Crippen molar-refractivity contribution in [1.82, 2.24) is 5.32 Å². The lowest BCUT2D eigenvalue weighted by Gasteiger charge is -2.32. The summed E-state index contributed by atoms with van der Waals surface area (Å²) in [5.74, 6) is 2.36. The molecule has 2 N–H and O–H groups in total. The van der Waals surface area contributed by atoms with Gasteiger partial charge < -0.3 is 10.4 Å². The van der Waals surface area contributed by atoms with Gasteiger partial charge in [0.2, 0.25) is 0 Å². The molecule has 4 atom stereocenters. The average molecular weight is 257 g/mol. The molecule has 1 aromatic rings. The quantitative estimate of drug-likeness (QED) is 0.849. The maximum atomic E-state index is 9.62. The fourth-order valence-corrected chi connectivity index (χ4v) is 4.68. The van der Waals surface area contributed by atoms with Crippen LogP contribution in [-0.2, 0) is 6.42 Å². The standard InChI is InChI=1S/C17H23NO/c19-14-6-7-15-12(10-14)2-1-3-16(15)18-17-9-11-4-5-13(17)8-11/h6-7,10-11,13,16-19H,1-5,8-9H2. The van der Waals surface area contributed by atoms with Crippen molar-refractivity contribution < 1.29 is 5.11 Å². The van der Waals surface area contributed by atoms with Gasteiger partial charge >= 0.3 is 0 Å². The Morgan fingerprint density at radius 3 is 2.84 bits per heavy atom. The Kier molecular flexibility index (Phi) is 2.80. The van der Waals surface area contributed by atoms with E-state index in [1.807, 2.05) is 12.1 Å². The van der Waals surface area contributed by atoms with E-state index >= 15 is 0 Å². The highest BCUT2D eigenvalue weighted by atomic mass is 16.3. The van der Waals surface area contributed by atoms with Gasteiger partial charge in [-0.3, -0.25) is 0 Å². The third-order valence-electron chi connectivity index (χ3n) is 5.59. The summed E-state index contributed by atoms with van der Waals surface area (Å²) in [5, 5.41) is 13.6. The second-order valence-electron chi connectivity index (χ2n) is 6.78. The van der Waals surface area contributed by atoms with Gasteiger partial charge in [-0.15, -0.1) is 0 Å². The smallest absolute Gasteiger partial charge is 0.115 e. The van der Waals surface area contributed by atoms with Crippen molar-refractivity contribution in [3.8, 4) is 5.75 Å². The van der Waals surface area contributed by atoms with Gasteiger partial charge in [-0.1, -0.05) is 12.5 Å². The van der Waals surface area contributed by atoms with Crippen LogP contribution >= 0.6 is 0 Å². The largest absolute Gasteiger partial charge is 0.508 e. The van der Waals surface area contributed by atoms with Gasteiger partial charge in [-0.25, -0.2) is 0 Å². The van der Waals surface area contributed by atoms with Crippen LogP contribution in [0.25, 0.3) is 0 Å². The average Bonchev–Trinajstić information content (AvgIpc) is 3.01. The van der Waals surface area contributed by atoms with Gasteiger partial charge in [-0.05, 0) is 73.6 Å². The van der Waals surface area contributed by atoms with Gasteiger partial charge in [0.05, 0.1) is 0 Å². The topological polar surface area (TPSA) is 32.3 Å². The number of nitrogens with one attached hydrogen (secondary N) is 1. The van der Waals surface area contributed by atoms with E-state index in [2.05, 4.69) is 11.4 Å². The zero-order valence-electron chi connectivity index (χ0n) is 11.4. The molecule has 0 aromatic heterocycles. The molecule has 2 saturated carbocycles. The molecular weight excluding hydrogens is 234 g/mol. The zero-order valence-corrected chi connectivity index (χ0v) is 11.4. The lowest BCUT2D eigenvalue weighted by molar-refractivity contribution is 0.304. The molecule has 0 saturated heterocycles. The van der Waals surface area contributed by atoms with E-state index in [1.165, 1.54) is 49.7 Å². The number of aromatic hydroxyl groups is 1. The van der Waals surface area contributed by atoms with E-state index in [9.17, 15) is 5.11 Å². The van der Waals surface area contributed by atoms with Gasteiger partial charge in [0.25, 0.3) is 0 Å². The Bertz CT molecular complexity index is 484. The van der Waals surface area contributed by atoms with Gasteiger partial charge in [0.15, 0.2) is 0 Å². The minimum absolute atomic E-state index is 0.416. The summed E-state index contributed by atoms with van der Waals surface area (Å²) in [5.41, 5.74) is 2.79. The van der Waals surface area contributed by atoms with E-state index in [1.54, 1.807) is 0 Å². The van der Waals surface area contributed by atoms with Crippen LogP contribution in [0.2, 0.25) is 0 Å². The summed E-state index contributed by atoms with van der Waals surface area (Å²) >= 11 is 0. The van der Waals surface area contributed by atoms with Crippen molar-refractivity contribution in [2.24, 2.45) is 11.8 Å². The lowest BCUT2D eigenvalue weighted by Crippen LogP contribution is -2.38. The summed E-state index contributed by atoms with van der Waals surface area (Å²) in [6, 6.07) is 7.22. The molecule has 102 valence electrons. The monoisotopic (exact) mass is 257 g/mol. The molecule has 4 unspecified atom stereocenters.